The van der Waals surface area contributed by atoms with Crippen molar-refractivity contribution in [2.45, 2.75) is 25.8 Å². The quantitative estimate of drug-likeness (QED) is 0.695. The van der Waals surface area contributed by atoms with E-state index >= 15 is 0 Å². The standard InChI is InChI=1S/C14H14N2O5S/c1-7(17)15-10(14(20)21)4-5-11(19)13-16-9-3-2-8(18)6-12(9)22-13/h2-3,6,10,18H,4-5H2,1H3,(H,15,17)(H,20,21)/t10-/m1/s1. The van der Waals surface area contributed by atoms with Gasteiger partial charge in [0.25, 0.3) is 0 Å². The van der Waals surface area contributed by atoms with E-state index < -0.39 is 17.9 Å². The van der Waals surface area contributed by atoms with Crippen molar-refractivity contribution in [3.63, 3.8) is 0 Å². The third kappa shape index (κ3) is 3.79. The molecule has 2 rings (SSSR count). The molecule has 0 spiro atoms. The van der Waals surface area contributed by atoms with Crippen LogP contribution in [0.1, 0.15) is 29.6 Å². The lowest BCUT2D eigenvalue weighted by Crippen LogP contribution is -2.39. The lowest BCUT2D eigenvalue weighted by atomic mass is 10.1. The molecule has 22 heavy (non-hydrogen) atoms. The van der Waals surface area contributed by atoms with Gasteiger partial charge in [-0.15, -0.1) is 11.3 Å². The van der Waals surface area contributed by atoms with Crippen molar-refractivity contribution in [2.24, 2.45) is 0 Å². The summed E-state index contributed by atoms with van der Waals surface area (Å²) in [4.78, 5) is 38.2. The minimum atomic E-state index is -1.18. The first-order valence-electron chi connectivity index (χ1n) is 6.49. The fourth-order valence-corrected chi connectivity index (χ4v) is 2.88. The number of carbonyl (C=O) groups excluding carboxylic acids is 2. The van der Waals surface area contributed by atoms with E-state index in [0.717, 1.165) is 11.3 Å². The number of thiazole rings is 1. The van der Waals surface area contributed by atoms with Gasteiger partial charge >= 0.3 is 5.97 Å². The van der Waals surface area contributed by atoms with E-state index in [-0.39, 0.29) is 29.4 Å². The van der Waals surface area contributed by atoms with Crippen LogP contribution in [0.25, 0.3) is 10.2 Å². The summed E-state index contributed by atoms with van der Waals surface area (Å²) in [6.07, 6.45) is -0.0437. The largest absolute Gasteiger partial charge is 0.508 e. The Morgan fingerprint density at radius 2 is 2.09 bits per heavy atom. The lowest BCUT2D eigenvalue weighted by molar-refractivity contribution is -0.141. The van der Waals surface area contributed by atoms with Crippen LogP contribution in [-0.4, -0.2) is 38.9 Å². The molecule has 0 unspecified atom stereocenters. The summed E-state index contributed by atoms with van der Waals surface area (Å²) in [7, 11) is 0. The molecule has 116 valence electrons. The Hall–Kier alpha value is -2.48. The second-order valence-corrected chi connectivity index (χ2v) is 5.75. The van der Waals surface area contributed by atoms with Gasteiger partial charge in [-0.05, 0) is 24.6 Å². The molecule has 0 aliphatic heterocycles. The Labute approximate surface area is 129 Å². The number of hydrogen-bond acceptors (Lipinski definition) is 6. The first-order valence-corrected chi connectivity index (χ1v) is 7.31. The molecule has 1 aromatic heterocycles. The van der Waals surface area contributed by atoms with Crippen LogP contribution in [0.3, 0.4) is 0 Å². The Morgan fingerprint density at radius 1 is 1.36 bits per heavy atom. The molecule has 7 nitrogen and oxygen atoms in total. The highest BCUT2D eigenvalue weighted by Gasteiger charge is 2.21. The third-order valence-electron chi connectivity index (χ3n) is 2.95. The number of amides is 1. The van der Waals surface area contributed by atoms with Crippen LogP contribution in [-0.2, 0) is 9.59 Å². The number of fused-ring (bicyclic) bond motifs is 1. The van der Waals surface area contributed by atoms with Crippen LogP contribution in [0.15, 0.2) is 18.2 Å². The number of phenols is 1. The number of nitrogens with one attached hydrogen (secondary N) is 1. The molecule has 0 fully saturated rings. The minimum absolute atomic E-state index is 0.00504. The zero-order valence-corrected chi connectivity index (χ0v) is 12.5. The van der Waals surface area contributed by atoms with Gasteiger partial charge in [0.15, 0.2) is 10.8 Å². The number of carbonyl (C=O) groups is 3. The van der Waals surface area contributed by atoms with E-state index in [1.165, 1.54) is 19.1 Å². The Bertz CT molecular complexity index is 740. The summed E-state index contributed by atoms with van der Waals surface area (Å²) in [6.45, 7) is 1.22. The van der Waals surface area contributed by atoms with Crippen LogP contribution >= 0.6 is 11.3 Å². The van der Waals surface area contributed by atoms with Crippen LogP contribution in [0.4, 0.5) is 0 Å². The molecule has 0 aliphatic rings. The van der Waals surface area contributed by atoms with Gasteiger partial charge in [0, 0.05) is 13.3 Å². The van der Waals surface area contributed by atoms with Crippen LogP contribution < -0.4 is 5.32 Å². The summed E-state index contributed by atoms with van der Waals surface area (Å²) in [6, 6.07) is 3.50. The minimum Gasteiger partial charge on any atom is -0.508 e. The SMILES string of the molecule is CC(=O)N[C@H](CCC(=O)c1nc2ccc(O)cc2s1)C(=O)O. The normalized spacial score (nSPS) is 12.0. The monoisotopic (exact) mass is 322 g/mol. The molecule has 2 aromatic rings. The van der Waals surface area contributed by atoms with Crippen molar-refractivity contribution in [3.05, 3.63) is 23.2 Å². The number of benzene rings is 1. The average Bonchev–Trinajstić information content (AvgIpc) is 2.85. The second-order valence-electron chi connectivity index (χ2n) is 4.72. The molecule has 1 amide bonds. The fraction of sp³-hybridized carbons (Fsp3) is 0.286. The molecule has 0 radical (unpaired) electrons. The molecule has 1 aromatic carbocycles. The zero-order chi connectivity index (χ0) is 16.3. The van der Waals surface area contributed by atoms with Gasteiger partial charge in [0.1, 0.15) is 11.8 Å². The maximum absolute atomic E-state index is 12.1. The maximum atomic E-state index is 12.1. The predicted molar refractivity (Wildman–Crippen MR) is 80.1 cm³/mol. The van der Waals surface area contributed by atoms with Crippen molar-refractivity contribution in [2.75, 3.05) is 0 Å². The zero-order valence-electron chi connectivity index (χ0n) is 11.7. The number of ketones is 1. The molecule has 0 saturated carbocycles. The number of phenolic OH excluding ortho intramolecular Hbond substituents is 1. The van der Waals surface area contributed by atoms with Crippen LogP contribution in [0.2, 0.25) is 0 Å². The Balaban J connectivity index is 2.06. The molecular weight excluding hydrogens is 308 g/mol. The molecule has 8 heteroatoms. The van der Waals surface area contributed by atoms with Crippen molar-refractivity contribution >= 4 is 39.2 Å². The van der Waals surface area contributed by atoms with Gasteiger partial charge in [0.2, 0.25) is 5.91 Å². The third-order valence-corrected chi connectivity index (χ3v) is 4.01. The highest BCUT2D eigenvalue weighted by molar-refractivity contribution is 7.20. The summed E-state index contributed by atoms with van der Waals surface area (Å²) in [5.41, 5.74) is 0.600. The first-order chi connectivity index (χ1) is 10.4. The lowest BCUT2D eigenvalue weighted by Gasteiger charge is -2.11. The fourth-order valence-electron chi connectivity index (χ4n) is 1.92. The highest BCUT2D eigenvalue weighted by Crippen LogP contribution is 2.26. The molecule has 1 heterocycles. The van der Waals surface area contributed by atoms with Crippen molar-refractivity contribution in [1.29, 1.82) is 0 Å². The van der Waals surface area contributed by atoms with Gasteiger partial charge in [-0.2, -0.15) is 0 Å². The van der Waals surface area contributed by atoms with Crippen LogP contribution in [0, 0.1) is 0 Å². The van der Waals surface area contributed by atoms with Crippen molar-refractivity contribution < 1.29 is 24.6 Å². The molecule has 1 atom stereocenters. The summed E-state index contributed by atoms with van der Waals surface area (Å²) < 4.78 is 0.681. The van der Waals surface area contributed by atoms with Gasteiger partial charge in [-0.25, -0.2) is 9.78 Å². The smallest absolute Gasteiger partial charge is 0.326 e. The van der Waals surface area contributed by atoms with E-state index in [9.17, 15) is 19.5 Å². The molecule has 3 N–H and O–H groups in total. The van der Waals surface area contributed by atoms with Crippen molar-refractivity contribution in [1.82, 2.24) is 10.3 Å². The highest BCUT2D eigenvalue weighted by atomic mass is 32.1. The number of Topliss-reactive ketones (excluding diaryl/α,β-unsaturated/α-hetero) is 1. The Morgan fingerprint density at radius 3 is 2.73 bits per heavy atom. The number of aromatic nitrogens is 1. The number of rotatable bonds is 6. The summed E-state index contributed by atoms with van der Waals surface area (Å²) in [5.74, 6) is -1.85. The van der Waals surface area contributed by atoms with Gasteiger partial charge in [0.05, 0.1) is 10.2 Å². The van der Waals surface area contributed by atoms with Gasteiger partial charge in [-0.3, -0.25) is 9.59 Å². The van der Waals surface area contributed by atoms with Gasteiger partial charge in [-0.1, -0.05) is 0 Å². The van der Waals surface area contributed by atoms with E-state index in [1.54, 1.807) is 6.07 Å². The van der Waals surface area contributed by atoms with Crippen LogP contribution in [0.5, 0.6) is 5.75 Å². The molecule has 0 saturated heterocycles. The molecule has 0 aliphatic carbocycles. The Kier molecular flexibility index (Phi) is 4.71. The number of aromatic hydroxyl groups is 1. The topological polar surface area (TPSA) is 117 Å². The second kappa shape index (κ2) is 6.52. The number of nitrogens with zero attached hydrogens (tertiary/aromatic N) is 1. The predicted octanol–water partition coefficient (Wildman–Crippen LogP) is 1.55. The summed E-state index contributed by atoms with van der Waals surface area (Å²) in [5, 5.41) is 20.9. The number of carboxylic acids is 1. The number of hydrogen-bond donors (Lipinski definition) is 3. The average molecular weight is 322 g/mol. The summed E-state index contributed by atoms with van der Waals surface area (Å²) >= 11 is 1.14. The van der Waals surface area contributed by atoms with E-state index in [1.807, 2.05) is 0 Å². The van der Waals surface area contributed by atoms with Gasteiger partial charge < -0.3 is 15.5 Å². The molecular formula is C14H14N2O5S. The maximum Gasteiger partial charge on any atom is 0.326 e. The van der Waals surface area contributed by atoms with E-state index in [4.69, 9.17) is 5.11 Å². The number of carboxylic acid groups (broad SMARTS) is 1. The van der Waals surface area contributed by atoms with Crippen molar-refractivity contribution in [3.8, 4) is 5.75 Å². The molecule has 0 bridgehead atoms. The van der Waals surface area contributed by atoms with E-state index in [0.29, 0.717) is 10.2 Å². The van der Waals surface area contributed by atoms with E-state index in [2.05, 4.69) is 10.3 Å². The number of aliphatic carboxylic acids is 1. The first kappa shape index (κ1) is 15.9.